The molecule has 3 aromatic carbocycles. The zero-order valence-corrected chi connectivity index (χ0v) is 17.4. The lowest BCUT2D eigenvalue weighted by Gasteiger charge is -2.21. The standard InChI is InChI=1S/C22H24N2O4S/c1-22(2,3)14-23-17-10-6-7-11-19(17)29(27,28)24-18-13-12-15-8-4-5-9-16(15)20(18)21(25)26/h4-13,23-24H,14H2,1-3H3,(H,25,26). The highest BCUT2D eigenvalue weighted by atomic mass is 32.2. The van der Waals surface area contributed by atoms with Gasteiger partial charge in [0.15, 0.2) is 0 Å². The van der Waals surface area contributed by atoms with Crippen LogP contribution in [0.4, 0.5) is 11.4 Å². The van der Waals surface area contributed by atoms with Gasteiger partial charge in [-0.05, 0) is 34.4 Å². The highest BCUT2D eigenvalue weighted by Crippen LogP contribution is 2.30. The molecule has 0 radical (unpaired) electrons. The SMILES string of the molecule is CC(C)(C)CNc1ccccc1S(=O)(=O)Nc1ccc2ccccc2c1C(=O)O. The summed E-state index contributed by atoms with van der Waals surface area (Å²) in [6, 6.07) is 16.7. The quantitative estimate of drug-likeness (QED) is 0.541. The van der Waals surface area contributed by atoms with E-state index in [1.165, 1.54) is 12.1 Å². The van der Waals surface area contributed by atoms with E-state index in [9.17, 15) is 18.3 Å². The Labute approximate surface area is 170 Å². The average Bonchev–Trinajstić information content (AvgIpc) is 2.65. The molecule has 0 aromatic heterocycles. The molecule has 29 heavy (non-hydrogen) atoms. The van der Waals surface area contributed by atoms with Gasteiger partial charge in [-0.15, -0.1) is 0 Å². The summed E-state index contributed by atoms with van der Waals surface area (Å²) in [7, 11) is -4.01. The van der Waals surface area contributed by atoms with Crippen molar-refractivity contribution in [2.75, 3.05) is 16.6 Å². The predicted molar refractivity (Wildman–Crippen MR) is 116 cm³/mol. The Morgan fingerprint density at radius 2 is 1.59 bits per heavy atom. The molecule has 0 bridgehead atoms. The van der Waals surface area contributed by atoms with E-state index >= 15 is 0 Å². The Morgan fingerprint density at radius 1 is 0.931 bits per heavy atom. The number of fused-ring (bicyclic) bond motifs is 1. The third kappa shape index (κ3) is 4.68. The Morgan fingerprint density at radius 3 is 2.28 bits per heavy atom. The van der Waals surface area contributed by atoms with Crippen molar-refractivity contribution >= 4 is 38.1 Å². The van der Waals surface area contributed by atoms with E-state index < -0.39 is 16.0 Å². The number of aromatic carboxylic acids is 1. The van der Waals surface area contributed by atoms with Crippen molar-refractivity contribution in [2.45, 2.75) is 25.7 Å². The first-order valence-electron chi connectivity index (χ1n) is 9.19. The minimum absolute atomic E-state index is 0.0295. The van der Waals surface area contributed by atoms with Crippen LogP contribution in [0, 0.1) is 5.41 Å². The minimum Gasteiger partial charge on any atom is -0.478 e. The van der Waals surface area contributed by atoms with E-state index in [-0.39, 0.29) is 21.6 Å². The van der Waals surface area contributed by atoms with Gasteiger partial charge in [0.05, 0.1) is 16.9 Å². The Bertz CT molecular complexity index is 1160. The summed E-state index contributed by atoms with van der Waals surface area (Å²) in [4.78, 5) is 12.0. The van der Waals surface area contributed by atoms with Gasteiger partial charge in [0, 0.05) is 6.54 Å². The smallest absolute Gasteiger partial charge is 0.338 e. The maximum absolute atomic E-state index is 13.1. The summed E-state index contributed by atoms with van der Waals surface area (Å²) < 4.78 is 28.7. The third-order valence-electron chi connectivity index (χ3n) is 4.37. The second kappa shape index (κ2) is 7.75. The predicted octanol–water partition coefficient (Wildman–Crippen LogP) is 4.80. The molecule has 0 aliphatic heterocycles. The molecule has 0 aliphatic rings. The van der Waals surface area contributed by atoms with Crippen LogP contribution in [0.3, 0.4) is 0 Å². The number of hydrogen-bond donors (Lipinski definition) is 3. The van der Waals surface area contributed by atoms with E-state index in [1.54, 1.807) is 48.5 Å². The summed E-state index contributed by atoms with van der Waals surface area (Å²) in [5.74, 6) is -1.20. The molecule has 0 spiro atoms. The van der Waals surface area contributed by atoms with Crippen molar-refractivity contribution in [1.29, 1.82) is 0 Å². The Kier molecular flexibility index (Phi) is 5.53. The lowest BCUT2D eigenvalue weighted by Crippen LogP contribution is -2.22. The van der Waals surface area contributed by atoms with Crippen LogP contribution >= 0.6 is 0 Å². The monoisotopic (exact) mass is 412 g/mol. The number of rotatable bonds is 6. The molecule has 0 heterocycles. The third-order valence-corrected chi connectivity index (χ3v) is 5.80. The highest BCUT2D eigenvalue weighted by Gasteiger charge is 2.23. The summed E-state index contributed by atoms with van der Waals surface area (Å²) in [6.07, 6.45) is 0. The fraction of sp³-hybridized carbons (Fsp3) is 0.227. The molecule has 3 N–H and O–H groups in total. The zero-order valence-electron chi connectivity index (χ0n) is 16.6. The second-order valence-corrected chi connectivity index (χ2v) is 9.68. The topological polar surface area (TPSA) is 95.5 Å². The van der Waals surface area contributed by atoms with Gasteiger partial charge in [0.2, 0.25) is 0 Å². The van der Waals surface area contributed by atoms with Crippen LogP contribution in [0.25, 0.3) is 10.8 Å². The minimum atomic E-state index is -4.01. The molecular weight excluding hydrogens is 388 g/mol. The maximum atomic E-state index is 13.1. The molecule has 7 heteroatoms. The second-order valence-electron chi connectivity index (χ2n) is 8.03. The number of carboxylic acids is 1. The summed E-state index contributed by atoms with van der Waals surface area (Å²) >= 11 is 0. The molecule has 0 unspecified atom stereocenters. The molecule has 0 atom stereocenters. The molecule has 0 saturated carbocycles. The Balaban J connectivity index is 2.03. The van der Waals surface area contributed by atoms with E-state index in [0.29, 0.717) is 17.6 Å². The van der Waals surface area contributed by atoms with Crippen molar-refractivity contribution in [1.82, 2.24) is 0 Å². The van der Waals surface area contributed by atoms with Crippen LogP contribution in [-0.4, -0.2) is 26.0 Å². The number of sulfonamides is 1. The van der Waals surface area contributed by atoms with E-state index in [1.807, 2.05) is 20.8 Å². The molecule has 3 rings (SSSR count). The van der Waals surface area contributed by atoms with Crippen LogP contribution in [0.15, 0.2) is 65.6 Å². The largest absolute Gasteiger partial charge is 0.478 e. The summed E-state index contributed by atoms with van der Waals surface area (Å²) in [5, 5.41) is 14.1. The highest BCUT2D eigenvalue weighted by molar-refractivity contribution is 7.92. The van der Waals surface area contributed by atoms with Gasteiger partial charge in [-0.3, -0.25) is 4.72 Å². The molecule has 0 saturated heterocycles. The maximum Gasteiger partial charge on any atom is 0.338 e. The van der Waals surface area contributed by atoms with Crippen molar-refractivity contribution in [3.05, 3.63) is 66.2 Å². The fourth-order valence-electron chi connectivity index (χ4n) is 2.99. The molecular formula is C22H24N2O4S. The fourth-order valence-corrected chi connectivity index (χ4v) is 4.25. The lowest BCUT2D eigenvalue weighted by atomic mass is 9.97. The van der Waals surface area contributed by atoms with Crippen LogP contribution < -0.4 is 10.0 Å². The first-order valence-corrected chi connectivity index (χ1v) is 10.7. The number of para-hydroxylation sites is 1. The number of nitrogens with one attached hydrogen (secondary N) is 2. The number of carboxylic acid groups (broad SMARTS) is 1. The average molecular weight is 413 g/mol. The number of benzene rings is 3. The summed E-state index contributed by atoms with van der Waals surface area (Å²) in [6.45, 7) is 6.71. The van der Waals surface area contributed by atoms with Crippen molar-refractivity contribution in [2.24, 2.45) is 5.41 Å². The summed E-state index contributed by atoms with van der Waals surface area (Å²) in [5.41, 5.74) is 0.375. The molecule has 6 nitrogen and oxygen atoms in total. The van der Waals surface area contributed by atoms with Crippen molar-refractivity contribution in [3.63, 3.8) is 0 Å². The molecule has 0 aliphatic carbocycles. The molecule has 3 aromatic rings. The van der Waals surface area contributed by atoms with Gasteiger partial charge < -0.3 is 10.4 Å². The van der Waals surface area contributed by atoms with Gasteiger partial charge in [0.1, 0.15) is 4.90 Å². The van der Waals surface area contributed by atoms with Gasteiger partial charge in [-0.1, -0.05) is 63.2 Å². The van der Waals surface area contributed by atoms with Crippen LogP contribution in [0.2, 0.25) is 0 Å². The van der Waals surface area contributed by atoms with Gasteiger partial charge in [-0.2, -0.15) is 0 Å². The van der Waals surface area contributed by atoms with Crippen LogP contribution in [0.1, 0.15) is 31.1 Å². The lowest BCUT2D eigenvalue weighted by molar-refractivity contribution is 0.0700. The number of carbonyl (C=O) groups is 1. The number of hydrogen-bond acceptors (Lipinski definition) is 4. The number of anilines is 2. The van der Waals surface area contributed by atoms with Crippen LogP contribution in [-0.2, 0) is 10.0 Å². The van der Waals surface area contributed by atoms with E-state index in [0.717, 1.165) is 5.39 Å². The Hall–Kier alpha value is -3.06. The molecule has 0 fully saturated rings. The van der Waals surface area contributed by atoms with Crippen LogP contribution in [0.5, 0.6) is 0 Å². The van der Waals surface area contributed by atoms with E-state index in [2.05, 4.69) is 10.0 Å². The van der Waals surface area contributed by atoms with Gasteiger partial charge in [0.25, 0.3) is 10.0 Å². The van der Waals surface area contributed by atoms with Crippen molar-refractivity contribution < 1.29 is 18.3 Å². The van der Waals surface area contributed by atoms with Gasteiger partial charge >= 0.3 is 5.97 Å². The molecule has 0 amide bonds. The van der Waals surface area contributed by atoms with E-state index in [4.69, 9.17) is 0 Å². The normalized spacial score (nSPS) is 12.0. The zero-order chi connectivity index (χ0) is 21.2. The van der Waals surface area contributed by atoms with Gasteiger partial charge in [-0.25, -0.2) is 13.2 Å². The molecule has 152 valence electrons. The first-order chi connectivity index (χ1) is 13.6. The van der Waals surface area contributed by atoms with Crippen molar-refractivity contribution in [3.8, 4) is 0 Å². The first kappa shape index (κ1) is 20.7.